The van der Waals surface area contributed by atoms with E-state index in [0.717, 1.165) is 0 Å². The fourth-order valence-corrected chi connectivity index (χ4v) is 2.15. The number of benzene rings is 1. The van der Waals surface area contributed by atoms with Gasteiger partial charge in [0.05, 0.1) is 29.8 Å². The molecular formula is C14H18N2O5. The lowest BCUT2D eigenvalue weighted by molar-refractivity contribution is -0.384. The van der Waals surface area contributed by atoms with Crippen LogP contribution in [-0.2, 0) is 9.47 Å². The fourth-order valence-electron chi connectivity index (χ4n) is 2.15. The van der Waals surface area contributed by atoms with Crippen LogP contribution in [0.15, 0.2) is 18.2 Å². The average molecular weight is 294 g/mol. The first-order valence-corrected chi connectivity index (χ1v) is 6.81. The monoisotopic (exact) mass is 294 g/mol. The number of nitro groups is 1. The van der Waals surface area contributed by atoms with Crippen molar-refractivity contribution in [2.45, 2.75) is 20.0 Å². The lowest BCUT2D eigenvalue weighted by Gasteiger charge is -2.28. The molecule has 1 fully saturated rings. The van der Waals surface area contributed by atoms with Gasteiger partial charge < -0.3 is 14.4 Å². The highest BCUT2D eigenvalue weighted by Gasteiger charge is 2.23. The number of hydrogen-bond donors (Lipinski definition) is 0. The highest BCUT2D eigenvalue weighted by molar-refractivity contribution is 5.91. The molecule has 1 aromatic rings. The molecule has 0 atom stereocenters. The van der Waals surface area contributed by atoms with E-state index in [1.807, 2.05) is 4.90 Å². The molecule has 1 saturated heterocycles. The van der Waals surface area contributed by atoms with Crippen LogP contribution in [0.1, 0.15) is 24.2 Å². The molecule has 2 rings (SSSR count). The van der Waals surface area contributed by atoms with E-state index in [2.05, 4.69) is 0 Å². The van der Waals surface area contributed by atoms with Gasteiger partial charge in [0.1, 0.15) is 5.69 Å². The van der Waals surface area contributed by atoms with Crippen LogP contribution in [0, 0.1) is 10.1 Å². The standard InChI is InChI=1S/C14H18N2O5/c1-10(2)21-14(17)11-3-4-12(13(9-11)16(18)19)15-5-7-20-8-6-15/h3-4,9-10H,5-8H2,1-2H3. The minimum absolute atomic E-state index is 0.0879. The number of nitrogens with zero attached hydrogens (tertiary/aromatic N) is 2. The number of morpholine rings is 1. The second kappa shape index (κ2) is 6.53. The molecule has 7 nitrogen and oxygen atoms in total. The number of rotatable bonds is 4. The number of hydrogen-bond acceptors (Lipinski definition) is 6. The fraction of sp³-hybridized carbons (Fsp3) is 0.500. The van der Waals surface area contributed by atoms with Crippen LogP contribution in [0.25, 0.3) is 0 Å². The summed E-state index contributed by atoms with van der Waals surface area (Å²) in [4.78, 5) is 24.5. The van der Waals surface area contributed by atoms with Crippen molar-refractivity contribution in [3.8, 4) is 0 Å². The van der Waals surface area contributed by atoms with Gasteiger partial charge in [-0.15, -0.1) is 0 Å². The maximum absolute atomic E-state index is 11.8. The number of ether oxygens (including phenoxy) is 2. The molecule has 0 spiro atoms. The molecule has 0 aromatic heterocycles. The first-order chi connectivity index (χ1) is 9.99. The van der Waals surface area contributed by atoms with Crippen LogP contribution in [0.4, 0.5) is 11.4 Å². The van der Waals surface area contributed by atoms with E-state index in [-0.39, 0.29) is 17.4 Å². The van der Waals surface area contributed by atoms with Crippen LogP contribution >= 0.6 is 0 Å². The predicted molar refractivity (Wildman–Crippen MR) is 76.7 cm³/mol. The molecule has 0 bridgehead atoms. The van der Waals surface area contributed by atoms with Crippen molar-refractivity contribution in [2.75, 3.05) is 31.2 Å². The highest BCUT2D eigenvalue weighted by Crippen LogP contribution is 2.30. The predicted octanol–water partition coefficient (Wildman–Crippen LogP) is 2.00. The summed E-state index contributed by atoms with van der Waals surface area (Å²) in [5.41, 5.74) is 0.604. The van der Waals surface area contributed by atoms with Gasteiger partial charge in [-0.2, -0.15) is 0 Å². The van der Waals surface area contributed by atoms with Gasteiger partial charge in [0.25, 0.3) is 5.69 Å². The zero-order chi connectivity index (χ0) is 15.4. The second-order valence-electron chi connectivity index (χ2n) is 5.01. The molecule has 0 aliphatic carbocycles. The number of anilines is 1. The summed E-state index contributed by atoms with van der Waals surface area (Å²) >= 11 is 0. The Bertz CT molecular complexity index is 538. The van der Waals surface area contributed by atoms with Crippen LogP contribution in [0.2, 0.25) is 0 Å². The van der Waals surface area contributed by atoms with Gasteiger partial charge in [0, 0.05) is 19.2 Å². The minimum Gasteiger partial charge on any atom is -0.459 e. The normalized spacial score (nSPS) is 15.1. The van der Waals surface area contributed by atoms with E-state index in [0.29, 0.717) is 32.0 Å². The van der Waals surface area contributed by atoms with Crippen LogP contribution < -0.4 is 4.90 Å². The lowest BCUT2D eigenvalue weighted by atomic mass is 10.1. The number of nitro benzene ring substituents is 1. The molecule has 0 radical (unpaired) electrons. The first-order valence-electron chi connectivity index (χ1n) is 6.81. The molecular weight excluding hydrogens is 276 g/mol. The van der Waals surface area contributed by atoms with E-state index in [1.54, 1.807) is 26.0 Å². The van der Waals surface area contributed by atoms with Gasteiger partial charge in [0.2, 0.25) is 0 Å². The number of carbonyl (C=O) groups excluding carboxylic acids is 1. The summed E-state index contributed by atoms with van der Waals surface area (Å²) < 4.78 is 10.3. The van der Waals surface area contributed by atoms with Gasteiger partial charge in [-0.25, -0.2) is 4.79 Å². The summed E-state index contributed by atoms with van der Waals surface area (Å²) in [5, 5.41) is 11.3. The van der Waals surface area contributed by atoms with Crippen molar-refractivity contribution >= 4 is 17.3 Å². The Kier molecular flexibility index (Phi) is 4.74. The van der Waals surface area contributed by atoms with Gasteiger partial charge >= 0.3 is 5.97 Å². The Morgan fingerprint density at radius 2 is 2.05 bits per heavy atom. The molecule has 1 aromatic carbocycles. The Morgan fingerprint density at radius 1 is 1.38 bits per heavy atom. The SMILES string of the molecule is CC(C)OC(=O)c1ccc(N2CCOCC2)c([N+](=O)[O-])c1. The summed E-state index contributed by atoms with van der Waals surface area (Å²) in [6.45, 7) is 5.72. The third-order valence-electron chi connectivity index (χ3n) is 3.10. The molecule has 0 saturated carbocycles. The van der Waals surface area contributed by atoms with Crippen molar-refractivity contribution < 1.29 is 19.2 Å². The Morgan fingerprint density at radius 3 is 2.62 bits per heavy atom. The van der Waals surface area contributed by atoms with E-state index in [4.69, 9.17) is 9.47 Å². The Hall–Kier alpha value is -2.15. The van der Waals surface area contributed by atoms with Gasteiger partial charge in [-0.1, -0.05) is 0 Å². The molecule has 21 heavy (non-hydrogen) atoms. The van der Waals surface area contributed by atoms with Crippen molar-refractivity contribution in [2.24, 2.45) is 0 Å². The number of carbonyl (C=O) groups is 1. The molecule has 0 unspecified atom stereocenters. The van der Waals surface area contributed by atoms with Gasteiger partial charge in [0.15, 0.2) is 0 Å². The molecule has 1 heterocycles. The quantitative estimate of drug-likeness (QED) is 0.480. The maximum Gasteiger partial charge on any atom is 0.338 e. The van der Waals surface area contributed by atoms with Crippen molar-refractivity contribution in [1.29, 1.82) is 0 Å². The van der Waals surface area contributed by atoms with Crippen LogP contribution in [-0.4, -0.2) is 43.3 Å². The van der Waals surface area contributed by atoms with Gasteiger partial charge in [-0.05, 0) is 26.0 Å². The van der Waals surface area contributed by atoms with E-state index >= 15 is 0 Å². The van der Waals surface area contributed by atoms with E-state index in [1.165, 1.54) is 6.07 Å². The van der Waals surface area contributed by atoms with Crippen molar-refractivity contribution in [1.82, 2.24) is 0 Å². The third kappa shape index (κ3) is 3.69. The second-order valence-corrected chi connectivity index (χ2v) is 5.01. The van der Waals surface area contributed by atoms with E-state index < -0.39 is 10.9 Å². The zero-order valence-electron chi connectivity index (χ0n) is 12.1. The molecule has 114 valence electrons. The minimum atomic E-state index is -0.554. The van der Waals surface area contributed by atoms with Gasteiger partial charge in [-0.3, -0.25) is 10.1 Å². The summed E-state index contributed by atoms with van der Waals surface area (Å²) in [7, 11) is 0. The molecule has 1 aliphatic rings. The third-order valence-corrected chi connectivity index (χ3v) is 3.10. The summed E-state index contributed by atoms with van der Waals surface area (Å²) in [5.74, 6) is -0.554. The van der Waals surface area contributed by atoms with Crippen LogP contribution in [0.3, 0.4) is 0 Å². The zero-order valence-corrected chi connectivity index (χ0v) is 12.1. The summed E-state index contributed by atoms with van der Waals surface area (Å²) in [6, 6.07) is 4.43. The Labute approximate surface area is 122 Å². The van der Waals surface area contributed by atoms with Crippen molar-refractivity contribution in [3.63, 3.8) is 0 Å². The lowest BCUT2D eigenvalue weighted by Crippen LogP contribution is -2.36. The molecule has 0 N–H and O–H groups in total. The first kappa shape index (κ1) is 15.2. The number of esters is 1. The van der Waals surface area contributed by atoms with E-state index in [9.17, 15) is 14.9 Å². The molecule has 1 aliphatic heterocycles. The highest BCUT2D eigenvalue weighted by atomic mass is 16.6. The maximum atomic E-state index is 11.8. The average Bonchev–Trinajstić information content (AvgIpc) is 2.46. The van der Waals surface area contributed by atoms with Crippen molar-refractivity contribution in [3.05, 3.63) is 33.9 Å². The Balaban J connectivity index is 2.30. The summed E-state index contributed by atoms with van der Waals surface area (Å²) in [6.07, 6.45) is -0.268. The topological polar surface area (TPSA) is 81.9 Å². The molecule has 0 amide bonds. The van der Waals surface area contributed by atoms with Crippen LogP contribution in [0.5, 0.6) is 0 Å². The largest absolute Gasteiger partial charge is 0.459 e. The molecule has 7 heteroatoms. The smallest absolute Gasteiger partial charge is 0.338 e.